The number of nitrogens with zero attached hydrogens (tertiary/aromatic N) is 5. The average molecular weight is 626 g/mol. The lowest BCUT2D eigenvalue weighted by atomic mass is 9.73. The summed E-state index contributed by atoms with van der Waals surface area (Å²) >= 11 is 1.82. The second-order valence-corrected chi connectivity index (χ2v) is 13.6. The van der Waals surface area contributed by atoms with Crippen molar-refractivity contribution in [1.82, 2.24) is 15.0 Å². The minimum atomic E-state index is -0.0998. The Morgan fingerprint density at radius 1 is 0.511 bits per heavy atom. The largest absolute Gasteiger partial charge is 0.310 e. The Labute approximate surface area is 278 Å². The van der Waals surface area contributed by atoms with Crippen molar-refractivity contribution >= 4 is 45.9 Å². The van der Waals surface area contributed by atoms with E-state index in [1.165, 1.54) is 43.7 Å². The van der Waals surface area contributed by atoms with Gasteiger partial charge in [0.25, 0.3) is 0 Å². The maximum Gasteiger partial charge on any atom is 0.113 e. The molecule has 3 heterocycles. The van der Waals surface area contributed by atoms with Gasteiger partial charge in [0.1, 0.15) is 5.69 Å². The second-order valence-electron chi connectivity index (χ2n) is 12.5. The first kappa shape index (κ1) is 27.7. The highest BCUT2D eigenvalue weighted by molar-refractivity contribution is 7.99. The van der Waals surface area contributed by atoms with Gasteiger partial charge >= 0.3 is 0 Å². The molecule has 0 atom stereocenters. The molecule has 1 aromatic heterocycles. The summed E-state index contributed by atoms with van der Waals surface area (Å²) in [6.45, 7) is 4.62. The van der Waals surface area contributed by atoms with Crippen molar-refractivity contribution < 1.29 is 0 Å². The second kappa shape index (κ2) is 10.7. The Morgan fingerprint density at radius 3 is 1.68 bits per heavy atom. The van der Waals surface area contributed by atoms with Gasteiger partial charge in [-0.15, -0.1) is 5.10 Å². The standard InChI is InChI=1S/C41H31N5S/c1-41(2)32-14-3-5-16-35(32)46(36-17-6-4-15-33(36)41)31-13-11-12-30(26-31)44-27-34(42-43-44)28-22-24-29(25-23-28)45-37-18-7-9-20-39(37)47-40-21-10-8-19-38(40)45/h3-27H,1-2H3. The van der Waals surface area contributed by atoms with Gasteiger partial charge in [-0.2, -0.15) is 0 Å². The SMILES string of the molecule is CC1(C)c2ccccc2N(c2cccc(-n3cc(-c4ccc(N5c6ccccc6Sc6ccccc65)cc4)nn3)c2)c2ccccc21. The van der Waals surface area contributed by atoms with Gasteiger partial charge in [-0.25, -0.2) is 4.68 Å². The Balaban J connectivity index is 1.05. The Bertz CT molecular complexity index is 2190. The number of rotatable bonds is 4. The van der Waals surface area contributed by atoms with E-state index in [-0.39, 0.29) is 5.41 Å². The number of para-hydroxylation sites is 4. The molecule has 226 valence electrons. The maximum atomic E-state index is 4.59. The van der Waals surface area contributed by atoms with Gasteiger partial charge in [0, 0.05) is 32.1 Å². The third-order valence-electron chi connectivity index (χ3n) is 9.34. The molecular formula is C41H31N5S. The van der Waals surface area contributed by atoms with E-state index in [0.29, 0.717) is 0 Å². The number of fused-ring (bicyclic) bond motifs is 4. The summed E-state index contributed by atoms with van der Waals surface area (Å²) in [5, 5.41) is 9.16. The smallest absolute Gasteiger partial charge is 0.113 e. The molecule has 0 amide bonds. The molecular weight excluding hydrogens is 595 g/mol. The average Bonchev–Trinajstić information content (AvgIpc) is 3.62. The highest BCUT2D eigenvalue weighted by atomic mass is 32.2. The van der Waals surface area contributed by atoms with E-state index < -0.39 is 0 Å². The fraction of sp³-hybridized carbons (Fsp3) is 0.0732. The highest BCUT2D eigenvalue weighted by Crippen LogP contribution is 2.52. The van der Waals surface area contributed by atoms with Crippen LogP contribution in [0.2, 0.25) is 0 Å². The molecule has 9 rings (SSSR count). The molecule has 0 saturated carbocycles. The van der Waals surface area contributed by atoms with Crippen LogP contribution in [0.5, 0.6) is 0 Å². The van der Waals surface area contributed by atoms with Gasteiger partial charge in [0.2, 0.25) is 0 Å². The molecule has 0 aliphatic carbocycles. The van der Waals surface area contributed by atoms with Gasteiger partial charge in [-0.1, -0.05) is 110 Å². The zero-order valence-corrected chi connectivity index (χ0v) is 26.9. The van der Waals surface area contributed by atoms with E-state index in [9.17, 15) is 0 Å². The van der Waals surface area contributed by atoms with Crippen LogP contribution in [0.3, 0.4) is 0 Å². The molecule has 47 heavy (non-hydrogen) atoms. The molecule has 0 saturated heterocycles. The van der Waals surface area contributed by atoms with E-state index >= 15 is 0 Å². The van der Waals surface area contributed by atoms with E-state index in [1.54, 1.807) is 0 Å². The van der Waals surface area contributed by atoms with E-state index in [2.05, 4.69) is 180 Å². The summed E-state index contributed by atoms with van der Waals surface area (Å²) in [4.78, 5) is 7.21. The van der Waals surface area contributed by atoms with Crippen molar-refractivity contribution in [2.24, 2.45) is 0 Å². The van der Waals surface area contributed by atoms with Gasteiger partial charge in [-0.05, 0) is 77.9 Å². The zero-order valence-electron chi connectivity index (χ0n) is 26.1. The quantitative estimate of drug-likeness (QED) is 0.194. The molecule has 6 heteroatoms. The first-order valence-corrected chi connectivity index (χ1v) is 16.7. The summed E-state index contributed by atoms with van der Waals surface area (Å²) in [7, 11) is 0. The molecule has 2 aliphatic heterocycles. The summed E-state index contributed by atoms with van der Waals surface area (Å²) in [6.07, 6.45) is 2.01. The van der Waals surface area contributed by atoms with Crippen LogP contribution in [0.1, 0.15) is 25.0 Å². The van der Waals surface area contributed by atoms with Crippen molar-refractivity contribution in [3.63, 3.8) is 0 Å². The number of hydrogen-bond donors (Lipinski definition) is 0. The molecule has 2 aliphatic rings. The summed E-state index contributed by atoms with van der Waals surface area (Å²) in [5.74, 6) is 0. The maximum absolute atomic E-state index is 4.59. The van der Waals surface area contributed by atoms with Gasteiger partial charge < -0.3 is 9.80 Å². The van der Waals surface area contributed by atoms with Crippen LogP contribution < -0.4 is 9.80 Å². The monoisotopic (exact) mass is 625 g/mol. The minimum absolute atomic E-state index is 0.0998. The molecule has 0 bridgehead atoms. The minimum Gasteiger partial charge on any atom is -0.310 e. The number of aromatic nitrogens is 3. The Hall–Kier alpha value is -5.59. The fourth-order valence-electron chi connectivity index (χ4n) is 7.01. The summed E-state index contributed by atoms with van der Waals surface area (Å²) in [6, 6.07) is 51.8. The lowest BCUT2D eigenvalue weighted by molar-refractivity contribution is 0.632. The lowest BCUT2D eigenvalue weighted by Gasteiger charge is -2.42. The molecule has 0 N–H and O–H groups in total. The number of hydrogen-bond acceptors (Lipinski definition) is 5. The van der Waals surface area contributed by atoms with E-state index in [4.69, 9.17) is 0 Å². The van der Waals surface area contributed by atoms with Crippen LogP contribution in [0, 0.1) is 0 Å². The lowest BCUT2D eigenvalue weighted by Crippen LogP contribution is -2.30. The predicted octanol–water partition coefficient (Wildman–Crippen LogP) is 11.0. The highest BCUT2D eigenvalue weighted by Gasteiger charge is 2.36. The van der Waals surface area contributed by atoms with E-state index in [1.807, 2.05) is 22.6 Å². The van der Waals surface area contributed by atoms with E-state index in [0.717, 1.165) is 28.3 Å². The Kier molecular flexibility index (Phi) is 6.34. The topological polar surface area (TPSA) is 37.2 Å². The van der Waals surface area contributed by atoms with Crippen LogP contribution in [0.4, 0.5) is 34.1 Å². The third kappa shape index (κ3) is 4.48. The van der Waals surface area contributed by atoms with Crippen LogP contribution in [-0.2, 0) is 5.41 Å². The molecule has 0 spiro atoms. The van der Waals surface area contributed by atoms with Crippen LogP contribution in [-0.4, -0.2) is 15.0 Å². The van der Waals surface area contributed by atoms with Crippen molar-refractivity contribution in [3.05, 3.63) is 163 Å². The molecule has 0 radical (unpaired) electrons. The summed E-state index contributed by atoms with van der Waals surface area (Å²) in [5.41, 5.74) is 12.3. The normalized spacial score (nSPS) is 14.2. The molecule has 0 fully saturated rings. The number of benzene rings is 6. The first-order chi connectivity index (χ1) is 23.1. The van der Waals surface area contributed by atoms with Crippen molar-refractivity contribution in [2.75, 3.05) is 9.80 Å². The van der Waals surface area contributed by atoms with Gasteiger partial charge in [-0.3, -0.25) is 0 Å². The molecule has 6 aromatic carbocycles. The molecule has 0 unspecified atom stereocenters. The zero-order chi connectivity index (χ0) is 31.5. The molecule has 7 aromatic rings. The predicted molar refractivity (Wildman–Crippen MR) is 192 cm³/mol. The third-order valence-corrected chi connectivity index (χ3v) is 10.5. The van der Waals surface area contributed by atoms with Crippen LogP contribution >= 0.6 is 11.8 Å². The number of anilines is 6. The van der Waals surface area contributed by atoms with Gasteiger partial charge in [0.05, 0.1) is 34.6 Å². The first-order valence-electron chi connectivity index (χ1n) is 15.8. The molecule has 5 nitrogen and oxygen atoms in total. The Morgan fingerprint density at radius 2 is 1.04 bits per heavy atom. The van der Waals surface area contributed by atoms with Crippen molar-refractivity contribution in [2.45, 2.75) is 29.1 Å². The van der Waals surface area contributed by atoms with Gasteiger partial charge in [0.15, 0.2) is 0 Å². The van der Waals surface area contributed by atoms with Crippen molar-refractivity contribution in [1.29, 1.82) is 0 Å². The summed E-state index contributed by atoms with van der Waals surface area (Å²) < 4.78 is 1.87. The van der Waals surface area contributed by atoms with Crippen LogP contribution in [0.15, 0.2) is 162 Å². The van der Waals surface area contributed by atoms with Crippen molar-refractivity contribution in [3.8, 4) is 16.9 Å². The fourth-order valence-corrected chi connectivity index (χ4v) is 8.07. The van der Waals surface area contributed by atoms with Crippen LogP contribution in [0.25, 0.3) is 16.9 Å².